The van der Waals surface area contributed by atoms with Gasteiger partial charge in [0.05, 0.1) is 24.6 Å². The van der Waals surface area contributed by atoms with Crippen molar-refractivity contribution in [2.75, 3.05) is 18.9 Å². The number of aryl methyl sites for hydroxylation is 1. The lowest BCUT2D eigenvalue weighted by Crippen LogP contribution is -2.13. The first-order valence-electron chi connectivity index (χ1n) is 11.6. The molecule has 5 aromatic rings. The standard InChI is InChI=1S/C28H24N4O5S/c1-18-14-20(32-38(33,34)21-7-4-6-19(15-21)28-30-11-5-12-31-28)8-9-24(18)37-25-10-13-29-23-17-27(36-3)26(35-2)16-22(23)25/h4-17,32H,1-3H3. The van der Waals surface area contributed by atoms with Crippen LogP contribution in [0.3, 0.4) is 0 Å². The van der Waals surface area contributed by atoms with Crippen LogP contribution < -0.4 is 18.9 Å². The maximum Gasteiger partial charge on any atom is 0.261 e. The summed E-state index contributed by atoms with van der Waals surface area (Å²) in [5, 5.41) is 0.747. The number of fused-ring (bicyclic) bond motifs is 1. The molecule has 0 fully saturated rings. The highest BCUT2D eigenvalue weighted by atomic mass is 32.2. The average Bonchev–Trinajstić information content (AvgIpc) is 2.94. The molecular weight excluding hydrogens is 504 g/mol. The summed E-state index contributed by atoms with van der Waals surface area (Å²) in [7, 11) is -0.723. The fourth-order valence-corrected chi connectivity index (χ4v) is 5.04. The molecule has 0 bridgehead atoms. The van der Waals surface area contributed by atoms with Crippen LogP contribution in [0.2, 0.25) is 0 Å². The third-order valence-corrected chi connectivity index (χ3v) is 7.20. The summed E-state index contributed by atoms with van der Waals surface area (Å²) < 4.78 is 45.9. The normalized spacial score (nSPS) is 11.2. The van der Waals surface area contributed by atoms with Crippen molar-refractivity contribution in [2.45, 2.75) is 11.8 Å². The molecule has 5 rings (SSSR count). The number of hydrogen-bond acceptors (Lipinski definition) is 8. The van der Waals surface area contributed by atoms with Gasteiger partial charge in [-0.15, -0.1) is 0 Å². The molecule has 0 saturated heterocycles. The molecule has 0 radical (unpaired) electrons. The number of nitrogens with zero attached hydrogens (tertiary/aromatic N) is 3. The fourth-order valence-electron chi connectivity index (χ4n) is 3.95. The molecule has 0 aliphatic carbocycles. The number of methoxy groups -OCH3 is 2. The van der Waals surface area contributed by atoms with Crippen molar-refractivity contribution >= 4 is 26.6 Å². The van der Waals surface area contributed by atoms with Gasteiger partial charge in [-0.25, -0.2) is 18.4 Å². The lowest BCUT2D eigenvalue weighted by Gasteiger charge is -2.15. The minimum atomic E-state index is -3.86. The predicted molar refractivity (Wildman–Crippen MR) is 144 cm³/mol. The van der Waals surface area contributed by atoms with Gasteiger partial charge in [-0.1, -0.05) is 12.1 Å². The van der Waals surface area contributed by atoms with Crippen molar-refractivity contribution in [3.63, 3.8) is 0 Å². The maximum atomic E-state index is 13.1. The van der Waals surface area contributed by atoms with E-state index in [-0.39, 0.29) is 4.90 Å². The van der Waals surface area contributed by atoms with Crippen LogP contribution in [0.15, 0.2) is 90.2 Å². The number of sulfonamides is 1. The first-order valence-corrected chi connectivity index (χ1v) is 13.1. The van der Waals surface area contributed by atoms with E-state index in [1.54, 1.807) is 87.4 Å². The van der Waals surface area contributed by atoms with Crippen molar-refractivity contribution in [1.29, 1.82) is 0 Å². The molecule has 10 heteroatoms. The Labute approximate surface area is 220 Å². The molecular formula is C28H24N4O5S. The van der Waals surface area contributed by atoms with E-state index in [1.165, 1.54) is 6.07 Å². The molecule has 0 saturated carbocycles. The molecule has 0 amide bonds. The molecule has 1 N–H and O–H groups in total. The number of anilines is 1. The van der Waals surface area contributed by atoms with Crippen LogP contribution in [-0.4, -0.2) is 37.6 Å². The van der Waals surface area contributed by atoms with Crippen molar-refractivity contribution in [3.05, 3.63) is 90.9 Å². The highest BCUT2D eigenvalue weighted by Crippen LogP contribution is 2.38. The van der Waals surface area contributed by atoms with E-state index in [0.29, 0.717) is 45.6 Å². The Kier molecular flexibility index (Phi) is 6.80. The Morgan fingerprint density at radius 2 is 1.50 bits per heavy atom. The van der Waals surface area contributed by atoms with E-state index in [0.717, 1.165) is 10.9 Å². The topological polar surface area (TPSA) is 113 Å². The average molecular weight is 529 g/mol. The summed E-state index contributed by atoms with van der Waals surface area (Å²) in [6.45, 7) is 1.84. The van der Waals surface area contributed by atoms with E-state index in [4.69, 9.17) is 14.2 Å². The summed E-state index contributed by atoms with van der Waals surface area (Å²) >= 11 is 0. The van der Waals surface area contributed by atoms with E-state index in [2.05, 4.69) is 19.7 Å². The first-order chi connectivity index (χ1) is 18.4. The maximum absolute atomic E-state index is 13.1. The molecule has 0 spiro atoms. The van der Waals surface area contributed by atoms with Crippen LogP contribution in [0.5, 0.6) is 23.0 Å². The van der Waals surface area contributed by atoms with Gasteiger partial charge in [0.2, 0.25) is 0 Å². The lowest BCUT2D eigenvalue weighted by atomic mass is 10.1. The van der Waals surface area contributed by atoms with Gasteiger partial charge in [0, 0.05) is 41.3 Å². The van der Waals surface area contributed by atoms with Crippen molar-refractivity contribution in [3.8, 4) is 34.4 Å². The van der Waals surface area contributed by atoms with Crippen LogP contribution in [0, 0.1) is 6.92 Å². The Hall–Kier alpha value is -4.70. The Morgan fingerprint density at radius 3 is 2.24 bits per heavy atom. The highest BCUT2D eigenvalue weighted by molar-refractivity contribution is 7.92. The second kappa shape index (κ2) is 10.3. The number of ether oxygens (including phenoxy) is 3. The molecule has 0 atom stereocenters. The largest absolute Gasteiger partial charge is 0.493 e. The van der Waals surface area contributed by atoms with Crippen LogP contribution >= 0.6 is 0 Å². The lowest BCUT2D eigenvalue weighted by molar-refractivity contribution is 0.355. The summed E-state index contributed by atoms with van der Waals surface area (Å²) in [5.74, 6) is 2.72. The molecule has 2 heterocycles. The minimum Gasteiger partial charge on any atom is -0.493 e. The van der Waals surface area contributed by atoms with E-state index in [1.807, 2.05) is 13.0 Å². The zero-order valence-electron chi connectivity index (χ0n) is 20.9. The van der Waals surface area contributed by atoms with Gasteiger partial charge in [0.25, 0.3) is 10.0 Å². The quantitative estimate of drug-likeness (QED) is 0.277. The number of rotatable bonds is 8. The zero-order chi connectivity index (χ0) is 26.7. The van der Waals surface area contributed by atoms with Gasteiger partial charge >= 0.3 is 0 Å². The van der Waals surface area contributed by atoms with Gasteiger partial charge in [-0.05, 0) is 61.0 Å². The summed E-state index contributed by atoms with van der Waals surface area (Å²) in [6, 6.07) is 18.6. The third-order valence-electron chi connectivity index (χ3n) is 5.82. The number of nitrogens with one attached hydrogen (secondary N) is 1. The molecule has 3 aromatic carbocycles. The Balaban J connectivity index is 1.40. The number of benzene rings is 3. The van der Waals surface area contributed by atoms with Gasteiger partial charge < -0.3 is 14.2 Å². The van der Waals surface area contributed by atoms with Crippen molar-refractivity contribution < 1.29 is 22.6 Å². The van der Waals surface area contributed by atoms with Crippen LogP contribution in [0.4, 0.5) is 5.69 Å². The van der Waals surface area contributed by atoms with E-state index < -0.39 is 10.0 Å². The van der Waals surface area contributed by atoms with Gasteiger partial charge in [-0.3, -0.25) is 9.71 Å². The summed E-state index contributed by atoms with van der Waals surface area (Å²) in [5.41, 5.74) is 2.43. The first kappa shape index (κ1) is 25.0. The molecule has 0 unspecified atom stereocenters. The Morgan fingerprint density at radius 1 is 0.737 bits per heavy atom. The third kappa shape index (κ3) is 5.07. The van der Waals surface area contributed by atoms with Gasteiger partial charge in [0.15, 0.2) is 17.3 Å². The second-order valence-corrected chi connectivity index (χ2v) is 10.0. The monoisotopic (exact) mass is 528 g/mol. The second-order valence-electron chi connectivity index (χ2n) is 8.32. The minimum absolute atomic E-state index is 0.105. The van der Waals surface area contributed by atoms with E-state index in [9.17, 15) is 8.42 Å². The summed E-state index contributed by atoms with van der Waals surface area (Å²) in [4.78, 5) is 12.9. The van der Waals surface area contributed by atoms with Gasteiger partial charge in [0.1, 0.15) is 11.5 Å². The fraction of sp³-hybridized carbons (Fsp3) is 0.107. The molecule has 0 aliphatic rings. The molecule has 192 valence electrons. The van der Waals surface area contributed by atoms with Crippen molar-refractivity contribution in [1.82, 2.24) is 15.0 Å². The molecule has 2 aromatic heterocycles. The van der Waals surface area contributed by atoms with Gasteiger partial charge in [-0.2, -0.15) is 0 Å². The highest BCUT2D eigenvalue weighted by Gasteiger charge is 2.17. The molecule has 0 aliphatic heterocycles. The summed E-state index contributed by atoms with van der Waals surface area (Å²) in [6.07, 6.45) is 4.86. The molecule has 9 nitrogen and oxygen atoms in total. The predicted octanol–water partition coefficient (Wildman–Crippen LogP) is 5.61. The number of hydrogen-bond donors (Lipinski definition) is 1. The van der Waals surface area contributed by atoms with Crippen molar-refractivity contribution in [2.24, 2.45) is 0 Å². The number of aromatic nitrogens is 3. The Bertz CT molecular complexity index is 1730. The van der Waals surface area contributed by atoms with Crippen LogP contribution in [-0.2, 0) is 10.0 Å². The van der Waals surface area contributed by atoms with Crippen LogP contribution in [0.1, 0.15) is 5.56 Å². The zero-order valence-corrected chi connectivity index (χ0v) is 21.7. The van der Waals surface area contributed by atoms with Crippen LogP contribution in [0.25, 0.3) is 22.3 Å². The molecule has 38 heavy (non-hydrogen) atoms. The smallest absolute Gasteiger partial charge is 0.261 e. The SMILES string of the molecule is COc1cc2nccc(Oc3ccc(NS(=O)(=O)c4cccc(-c5ncccn5)c4)cc3C)c2cc1OC. The number of pyridine rings is 1. The van der Waals surface area contributed by atoms with E-state index >= 15 is 0 Å².